The summed E-state index contributed by atoms with van der Waals surface area (Å²) in [6, 6.07) is 2.07. The third-order valence-electron chi connectivity index (χ3n) is 5.34. The van der Waals surface area contributed by atoms with Crippen LogP contribution >= 0.6 is 11.6 Å². The zero-order valence-electron chi connectivity index (χ0n) is 16.4. The Bertz CT molecular complexity index is 889. The highest BCUT2D eigenvalue weighted by atomic mass is 35.5. The molecule has 7 nitrogen and oxygen atoms in total. The molecule has 0 radical (unpaired) electrons. The summed E-state index contributed by atoms with van der Waals surface area (Å²) >= 11 is 5.90. The quantitative estimate of drug-likeness (QED) is 0.692. The van der Waals surface area contributed by atoms with Crippen molar-refractivity contribution >= 4 is 27.5 Å². The number of piperazine rings is 1. The summed E-state index contributed by atoms with van der Waals surface area (Å²) in [5, 5.41) is -0.273. The smallest absolute Gasteiger partial charge is 0.339 e. The first-order valence-corrected chi connectivity index (χ1v) is 11.5. The second kappa shape index (κ2) is 8.99. The van der Waals surface area contributed by atoms with Crippen molar-refractivity contribution in [2.75, 3.05) is 26.2 Å². The number of nitrogens with one attached hydrogen (secondary N) is 2. The number of halogens is 4. The van der Waals surface area contributed by atoms with Gasteiger partial charge in [0.2, 0.25) is 15.9 Å². The maximum atomic E-state index is 13.0. The Balaban J connectivity index is 1.67. The summed E-state index contributed by atoms with van der Waals surface area (Å²) in [4.78, 5) is 13.7. The van der Waals surface area contributed by atoms with Gasteiger partial charge < -0.3 is 4.90 Å². The molecule has 0 spiro atoms. The van der Waals surface area contributed by atoms with Crippen molar-refractivity contribution in [3.63, 3.8) is 0 Å². The van der Waals surface area contributed by atoms with Crippen LogP contribution in [0.25, 0.3) is 0 Å². The van der Waals surface area contributed by atoms with E-state index in [4.69, 9.17) is 11.6 Å². The van der Waals surface area contributed by atoms with E-state index in [1.54, 1.807) is 4.90 Å². The standard InChI is InChI=1S/C18H24ClF3N4O3S/c1-2-3-13-11-15(24-23-13)17(27)25-6-8-26(9-7-25)30(28,29)16-10-12(18(20,21)22)4-5-14(16)19/h4-5,10,13,15,23-24H,2-3,6-9,11H2,1H3. The van der Waals surface area contributed by atoms with Gasteiger partial charge in [0.25, 0.3) is 0 Å². The first kappa shape index (κ1) is 23.3. The van der Waals surface area contributed by atoms with Crippen molar-refractivity contribution in [3.8, 4) is 0 Å². The second-order valence-electron chi connectivity index (χ2n) is 7.43. The molecular formula is C18H24ClF3N4O3S. The molecule has 2 fully saturated rings. The Labute approximate surface area is 178 Å². The summed E-state index contributed by atoms with van der Waals surface area (Å²) in [5.74, 6) is -0.116. The van der Waals surface area contributed by atoms with Crippen molar-refractivity contribution in [2.45, 2.75) is 49.3 Å². The molecule has 0 saturated carbocycles. The highest BCUT2D eigenvalue weighted by Crippen LogP contribution is 2.34. The number of hydrogen-bond donors (Lipinski definition) is 2. The Morgan fingerprint density at radius 3 is 2.47 bits per heavy atom. The third-order valence-corrected chi connectivity index (χ3v) is 7.72. The predicted molar refractivity (Wildman–Crippen MR) is 105 cm³/mol. The van der Waals surface area contributed by atoms with Crippen molar-refractivity contribution < 1.29 is 26.4 Å². The number of hydrogen-bond acceptors (Lipinski definition) is 5. The van der Waals surface area contributed by atoms with Gasteiger partial charge in [-0.15, -0.1) is 0 Å². The number of hydrazine groups is 1. The summed E-state index contributed by atoms with van der Waals surface area (Å²) in [7, 11) is -4.22. The zero-order valence-corrected chi connectivity index (χ0v) is 17.9. The molecule has 0 aromatic heterocycles. The molecule has 2 aliphatic heterocycles. The van der Waals surface area contributed by atoms with Gasteiger partial charge in [0.1, 0.15) is 10.9 Å². The van der Waals surface area contributed by atoms with Crippen LogP contribution in [-0.2, 0) is 21.0 Å². The van der Waals surface area contributed by atoms with Gasteiger partial charge >= 0.3 is 6.18 Å². The minimum atomic E-state index is -4.68. The normalized spacial score (nSPS) is 23.7. The largest absolute Gasteiger partial charge is 0.416 e. The van der Waals surface area contributed by atoms with Crippen LogP contribution in [0.3, 0.4) is 0 Å². The number of alkyl halides is 3. The topological polar surface area (TPSA) is 81.8 Å². The van der Waals surface area contributed by atoms with E-state index in [1.807, 2.05) is 0 Å². The van der Waals surface area contributed by atoms with Gasteiger partial charge in [-0.1, -0.05) is 24.9 Å². The average Bonchev–Trinajstić information content (AvgIpc) is 3.16. The lowest BCUT2D eigenvalue weighted by atomic mass is 10.1. The van der Waals surface area contributed by atoms with E-state index in [-0.39, 0.29) is 49.2 Å². The first-order valence-electron chi connectivity index (χ1n) is 9.70. The number of carbonyl (C=O) groups excluding carboxylic acids is 1. The minimum absolute atomic E-state index is 0.0147. The van der Waals surface area contributed by atoms with Crippen molar-refractivity contribution in [1.82, 2.24) is 20.1 Å². The summed E-state index contributed by atoms with van der Waals surface area (Å²) in [5.41, 5.74) is 5.00. The molecule has 2 saturated heterocycles. The summed E-state index contributed by atoms with van der Waals surface area (Å²) < 4.78 is 65.8. The van der Waals surface area contributed by atoms with Crippen LogP contribution in [0.5, 0.6) is 0 Å². The molecule has 2 aliphatic rings. The zero-order chi connectivity index (χ0) is 22.1. The monoisotopic (exact) mass is 468 g/mol. The van der Waals surface area contributed by atoms with E-state index in [2.05, 4.69) is 17.8 Å². The van der Waals surface area contributed by atoms with Gasteiger partial charge in [0.15, 0.2) is 0 Å². The Hall–Kier alpha value is -1.40. The Morgan fingerprint density at radius 1 is 1.20 bits per heavy atom. The van der Waals surface area contributed by atoms with Crippen LogP contribution in [0, 0.1) is 0 Å². The van der Waals surface area contributed by atoms with E-state index < -0.39 is 26.7 Å². The van der Waals surface area contributed by atoms with Gasteiger partial charge in [0.05, 0.1) is 10.6 Å². The molecule has 2 N–H and O–H groups in total. The van der Waals surface area contributed by atoms with Crippen LogP contribution < -0.4 is 10.9 Å². The van der Waals surface area contributed by atoms with Gasteiger partial charge in [0, 0.05) is 32.2 Å². The highest BCUT2D eigenvalue weighted by Gasteiger charge is 2.37. The maximum absolute atomic E-state index is 13.0. The molecule has 2 unspecified atom stereocenters. The van der Waals surface area contributed by atoms with Crippen LogP contribution in [0.1, 0.15) is 31.7 Å². The van der Waals surface area contributed by atoms with Gasteiger partial charge in [-0.2, -0.15) is 17.5 Å². The number of nitrogens with zero attached hydrogens (tertiary/aromatic N) is 2. The van der Waals surface area contributed by atoms with Gasteiger partial charge in [-0.3, -0.25) is 10.2 Å². The number of carbonyl (C=O) groups is 1. The Kier molecular flexibility index (Phi) is 6.97. The van der Waals surface area contributed by atoms with Crippen LogP contribution in [0.2, 0.25) is 5.02 Å². The van der Waals surface area contributed by atoms with E-state index in [9.17, 15) is 26.4 Å². The SMILES string of the molecule is CCCC1CC(C(=O)N2CCN(S(=O)(=O)c3cc(C(F)(F)F)ccc3Cl)CC2)NN1. The van der Waals surface area contributed by atoms with Gasteiger partial charge in [-0.25, -0.2) is 13.8 Å². The molecule has 1 aromatic rings. The molecule has 30 heavy (non-hydrogen) atoms. The Morgan fingerprint density at radius 2 is 1.87 bits per heavy atom. The number of benzene rings is 1. The molecule has 3 rings (SSSR count). The lowest BCUT2D eigenvalue weighted by molar-refractivity contribution is -0.137. The van der Waals surface area contributed by atoms with Crippen LogP contribution in [0.15, 0.2) is 23.1 Å². The summed E-state index contributed by atoms with van der Waals surface area (Å²) in [6.45, 7) is 2.35. The van der Waals surface area contributed by atoms with Gasteiger partial charge in [-0.05, 0) is 31.0 Å². The van der Waals surface area contributed by atoms with Crippen LogP contribution in [-0.4, -0.2) is 61.8 Å². The molecule has 2 atom stereocenters. The van der Waals surface area contributed by atoms with E-state index in [0.717, 1.165) is 29.3 Å². The molecule has 12 heteroatoms. The second-order valence-corrected chi connectivity index (χ2v) is 9.75. The fourth-order valence-electron chi connectivity index (χ4n) is 3.71. The molecule has 0 bridgehead atoms. The lowest BCUT2D eigenvalue weighted by Crippen LogP contribution is -2.54. The van der Waals surface area contributed by atoms with Crippen LogP contribution in [0.4, 0.5) is 13.2 Å². The minimum Gasteiger partial charge on any atom is -0.339 e. The maximum Gasteiger partial charge on any atom is 0.416 e. The number of rotatable bonds is 5. The molecule has 2 heterocycles. The van der Waals surface area contributed by atoms with Crippen molar-refractivity contribution in [3.05, 3.63) is 28.8 Å². The van der Waals surface area contributed by atoms with Crippen molar-refractivity contribution in [2.24, 2.45) is 0 Å². The number of sulfonamides is 1. The third kappa shape index (κ3) is 4.91. The first-order chi connectivity index (χ1) is 14.0. The van der Waals surface area contributed by atoms with E-state index in [1.165, 1.54) is 0 Å². The number of amides is 1. The predicted octanol–water partition coefficient (Wildman–Crippen LogP) is 2.23. The summed E-state index contributed by atoms with van der Waals surface area (Å²) in [6.07, 6.45) is -2.08. The molecule has 1 aromatic carbocycles. The average molecular weight is 469 g/mol. The lowest BCUT2D eigenvalue weighted by Gasteiger charge is -2.35. The van der Waals surface area contributed by atoms with E-state index in [0.29, 0.717) is 12.5 Å². The highest BCUT2D eigenvalue weighted by molar-refractivity contribution is 7.89. The van der Waals surface area contributed by atoms with Crippen molar-refractivity contribution in [1.29, 1.82) is 0 Å². The fraction of sp³-hybridized carbons (Fsp3) is 0.611. The molecule has 1 amide bonds. The molecule has 0 aliphatic carbocycles. The fourth-order valence-corrected chi connectivity index (χ4v) is 5.63. The molecular weight excluding hydrogens is 445 g/mol. The molecule has 168 valence electrons. The van der Waals surface area contributed by atoms with E-state index >= 15 is 0 Å².